The van der Waals surface area contributed by atoms with Crippen LogP contribution in [0.15, 0.2) is 71.6 Å². The number of nitrogens with zero attached hydrogens (tertiary/aromatic N) is 2. The van der Waals surface area contributed by atoms with Gasteiger partial charge in [-0.2, -0.15) is 4.31 Å². The molecule has 0 saturated carbocycles. The van der Waals surface area contributed by atoms with Gasteiger partial charge >= 0.3 is 0 Å². The van der Waals surface area contributed by atoms with Crippen LogP contribution in [0.5, 0.6) is 5.75 Å². The third-order valence-corrected chi connectivity index (χ3v) is 8.27. The van der Waals surface area contributed by atoms with Crippen molar-refractivity contribution >= 4 is 32.6 Å². The number of amides is 2. The van der Waals surface area contributed by atoms with E-state index in [1.807, 2.05) is 50.2 Å². The zero-order chi connectivity index (χ0) is 27.2. The molecule has 0 unspecified atom stereocenters. The number of nitrogens with one attached hydrogen (secondary N) is 1. The number of methoxy groups -OCH3 is 1. The maximum absolute atomic E-state index is 13.5. The molecular weight excluding hydrogens is 490 g/mol. The fourth-order valence-corrected chi connectivity index (χ4v) is 5.01. The lowest BCUT2D eigenvalue weighted by atomic mass is 10.1. The Morgan fingerprint density at radius 2 is 1.62 bits per heavy atom. The summed E-state index contributed by atoms with van der Waals surface area (Å²) in [6.45, 7) is 5.23. The van der Waals surface area contributed by atoms with Gasteiger partial charge in [0.2, 0.25) is 21.8 Å². The Labute approximate surface area is 219 Å². The topological polar surface area (TPSA) is 96.0 Å². The van der Waals surface area contributed by atoms with Gasteiger partial charge < -0.3 is 15.0 Å². The van der Waals surface area contributed by atoms with Gasteiger partial charge in [-0.15, -0.1) is 0 Å². The second-order valence-electron chi connectivity index (χ2n) is 9.13. The van der Waals surface area contributed by atoms with E-state index < -0.39 is 28.5 Å². The molecule has 198 valence electrons. The first-order valence-corrected chi connectivity index (χ1v) is 13.7. The SMILES string of the molecule is CC[C@H](C)NC(=O)[C@@H](C)N(Cc1ccc(OC)cc1)C(=O)CN(C)S(=O)(=O)c1ccc2ccccc2c1. The van der Waals surface area contributed by atoms with Crippen LogP contribution < -0.4 is 10.1 Å². The Kier molecular flexibility index (Phi) is 9.29. The van der Waals surface area contributed by atoms with Crippen LogP contribution in [-0.2, 0) is 26.2 Å². The second kappa shape index (κ2) is 12.2. The Bertz CT molecular complexity index is 1340. The van der Waals surface area contributed by atoms with E-state index in [2.05, 4.69) is 5.32 Å². The molecule has 37 heavy (non-hydrogen) atoms. The van der Waals surface area contributed by atoms with E-state index in [-0.39, 0.29) is 23.4 Å². The molecule has 9 heteroatoms. The largest absolute Gasteiger partial charge is 0.497 e. The number of sulfonamides is 1. The summed E-state index contributed by atoms with van der Waals surface area (Å²) >= 11 is 0. The van der Waals surface area contributed by atoms with Gasteiger partial charge in [0.25, 0.3) is 0 Å². The fourth-order valence-electron chi connectivity index (χ4n) is 3.85. The summed E-state index contributed by atoms with van der Waals surface area (Å²) < 4.78 is 32.9. The Morgan fingerprint density at radius 3 is 2.24 bits per heavy atom. The molecule has 0 aromatic heterocycles. The second-order valence-corrected chi connectivity index (χ2v) is 11.2. The summed E-state index contributed by atoms with van der Waals surface area (Å²) in [6.07, 6.45) is 0.748. The highest BCUT2D eigenvalue weighted by molar-refractivity contribution is 7.89. The number of carbonyl (C=O) groups excluding carboxylic acids is 2. The van der Waals surface area contributed by atoms with E-state index in [9.17, 15) is 18.0 Å². The average molecular weight is 526 g/mol. The van der Waals surface area contributed by atoms with Crippen molar-refractivity contribution in [3.8, 4) is 5.75 Å². The monoisotopic (exact) mass is 525 g/mol. The van der Waals surface area contributed by atoms with Crippen molar-refractivity contribution in [2.45, 2.75) is 50.7 Å². The van der Waals surface area contributed by atoms with Crippen LogP contribution in [0.3, 0.4) is 0 Å². The van der Waals surface area contributed by atoms with Crippen LogP contribution in [0.2, 0.25) is 0 Å². The van der Waals surface area contributed by atoms with E-state index in [1.54, 1.807) is 38.3 Å². The molecule has 0 aliphatic carbocycles. The minimum Gasteiger partial charge on any atom is -0.497 e. The van der Waals surface area contributed by atoms with Crippen LogP contribution in [0.4, 0.5) is 0 Å². The van der Waals surface area contributed by atoms with E-state index in [0.29, 0.717) is 5.75 Å². The predicted octanol–water partition coefficient (Wildman–Crippen LogP) is 3.80. The molecule has 0 saturated heterocycles. The number of fused-ring (bicyclic) bond motifs is 1. The van der Waals surface area contributed by atoms with E-state index >= 15 is 0 Å². The Balaban J connectivity index is 1.84. The first-order valence-electron chi connectivity index (χ1n) is 12.2. The third-order valence-electron chi connectivity index (χ3n) is 6.47. The zero-order valence-corrected chi connectivity index (χ0v) is 22.8. The molecule has 2 amide bonds. The van der Waals surface area contributed by atoms with E-state index in [0.717, 1.165) is 27.1 Å². The zero-order valence-electron chi connectivity index (χ0n) is 22.0. The predicted molar refractivity (Wildman–Crippen MR) is 145 cm³/mol. The summed E-state index contributed by atoms with van der Waals surface area (Å²) in [5.41, 5.74) is 0.789. The van der Waals surface area contributed by atoms with Crippen molar-refractivity contribution in [1.29, 1.82) is 0 Å². The molecule has 1 N–H and O–H groups in total. The molecule has 3 aromatic rings. The fraction of sp³-hybridized carbons (Fsp3) is 0.357. The number of ether oxygens (including phenoxy) is 1. The van der Waals surface area contributed by atoms with Crippen LogP contribution in [0.1, 0.15) is 32.8 Å². The number of hydrogen-bond donors (Lipinski definition) is 1. The number of hydrogen-bond acceptors (Lipinski definition) is 5. The highest BCUT2D eigenvalue weighted by Crippen LogP contribution is 2.22. The number of carbonyl (C=O) groups is 2. The van der Waals surface area contributed by atoms with Gasteiger partial charge in [-0.05, 0) is 60.9 Å². The quantitative estimate of drug-likeness (QED) is 0.411. The lowest BCUT2D eigenvalue weighted by Crippen LogP contribution is -2.51. The Morgan fingerprint density at radius 1 is 0.973 bits per heavy atom. The molecule has 0 radical (unpaired) electrons. The first-order chi connectivity index (χ1) is 17.6. The highest BCUT2D eigenvalue weighted by atomic mass is 32.2. The molecule has 0 fully saturated rings. The maximum atomic E-state index is 13.5. The number of likely N-dealkylation sites (N-methyl/N-ethyl adjacent to an activating group) is 1. The molecule has 3 rings (SSSR count). The van der Waals surface area contributed by atoms with Gasteiger partial charge in [0.05, 0.1) is 18.6 Å². The van der Waals surface area contributed by atoms with E-state index in [4.69, 9.17) is 4.74 Å². The normalized spacial score (nSPS) is 13.2. The van der Waals surface area contributed by atoms with Crippen molar-refractivity contribution in [1.82, 2.24) is 14.5 Å². The summed E-state index contributed by atoms with van der Waals surface area (Å²) in [6, 6.07) is 18.7. The summed E-state index contributed by atoms with van der Waals surface area (Å²) in [7, 11) is -1.00. The van der Waals surface area contributed by atoms with Crippen molar-refractivity contribution < 1.29 is 22.7 Å². The van der Waals surface area contributed by atoms with E-state index in [1.165, 1.54) is 18.0 Å². The lowest BCUT2D eigenvalue weighted by molar-refractivity contribution is -0.140. The van der Waals surface area contributed by atoms with Crippen molar-refractivity contribution in [3.63, 3.8) is 0 Å². The van der Waals surface area contributed by atoms with Crippen molar-refractivity contribution in [2.24, 2.45) is 0 Å². The van der Waals surface area contributed by atoms with Crippen LogP contribution in [0.25, 0.3) is 10.8 Å². The smallest absolute Gasteiger partial charge is 0.243 e. The van der Waals surface area contributed by atoms with Gasteiger partial charge in [0.15, 0.2) is 0 Å². The van der Waals surface area contributed by atoms with Gasteiger partial charge in [0, 0.05) is 19.6 Å². The first kappa shape index (κ1) is 28.1. The van der Waals surface area contributed by atoms with Gasteiger partial charge in [-0.25, -0.2) is 8.42 Å². The van der Waals surface area contributed by atoms with Crippen LogP contribution in [-0.4, -0.2) is 62.2 Å². The lowest BCUT2D eigenvalue weighted by Gasteiger charge is -2.31. The van der Waals surface area contributed by atoms with Crippen molar-refractivity contribution in [3.05, 3.63) is 72.3 Å². The molecular formula is C28H35N3O5S. The van der Waals surface area contributed by atoms with Crippen LogP contribution in [0, 0.1) is 0 Å². The highest BCUT2D eigenvalue weighted by Gasteiger charge is 2.30. The molecule has 3 aromatic carbocycles. The average Bonchev–Trinajstić information content (AvgIpc) is 2.90. The summed E-state index contributed by atoms with van der Waals surface area (Å²) in [5.74, 6) is -0.101. The number of rotatable bonds is 11. The molecule has 0 aliphatic heterocycles. The molecule has 0 spiro atoms. The van der Waals surface area contributed by atoms with Gasteiger partial charge in [-0.1, -0.05) is 49.4 Å². The van der Waals surface area contributed by atoms with Crippen LogP contribution >= 0.6 is 0 Å². The molecule has 0 aliphatic rings. The standard InChI is InChI=1S/C28H35N3O5S/c1-6-20(2)29-28(33)21(3)31(18-22-11-14-25(36-5)15-12-22)27(32)19-30(4)37(34,35)26-16-13-23-9-7-8-10-24(23)17-26/h7-17,20-21H,6,18-19H2,1-5H3,(H,29,33)/t20-,21+/m0/s1. The third kappa shape index (κ3) is 6.87. The molecule has 2 atom stereocenters. The molecule has 0 bridgehead atoms. The minimum absolute atomic E-state index is 0.0520. The minimum atomic E-state index is -3.94. The van der Waals surface area contributed by atoms with Gasteiger partial charge in [-0.3, -0.25) is 9.59 Å². The molecule has 0 heterocycles. The summed E-state index contributed by atoms with van der Waals surface area (Å²) in [4.78, 5) is 27.9. The summed E-state index contributed by atoms with van der Waals surface area (Å²) in [5, 5.41) is 4.63. The maximum Gasteiger partial charge on any atom is 0.243 e. The number of benzene rings is 3. The molecule has 8 nitrogen and oxygen atoms in total. The van der Waals surface area contributed by atoms with Gasteiger partial charge in [0.1, 0.15) is 11.8 Å². The Hall–Kier alpha value is -3.43. The van der Waals surface area contributed by atoms with Crippen molar-refractivity contribution in [2.75, 3.05) is 20.7 Å².